The molecule has 0 aromatic heterocycles. The molecule has 0 fully saturated rings. The van der Waals surface area contributed by atoms with Gasteiger partial charge in [0.2, 0.25) is 0 Å². The van der Waals surface area contributed by atoms with Gasteiger partial charge < -0.3 is 9.47 Å². The van der Waals surface area contributed by atoms with Crippen molar-refractivity contribution in [3.8, 4) is 0 Å². The van der Waals surface area contributed by atoms with Gasteiger partial charge in [0.15, 0.2) is 12.2 Å². The molecule has 0 rings (SSSR count). The first kappa shape index (κ1) is 15.0. The summed E-state index contributed by atoms with van der Waals surface area (Å²) < 4.78 is 21.0. The van der Waals surface area contributed by atoms with Crippen LogP contribution < -0.4 is 0 Å². The Kier molecular flexibility index (Phi) is 7.26. The summed E-state index contributed by atoms with van der Waals surface area (Å²) in [4.78, 5) is 11.5. The van der Waals surface area contributed by atoms with E-state index in [1.54, 1.807) is 6.92 Å². The average molecular weight is 270 g/mol. The zero-order valence-electron chi connectivity index (χ0n) is 9.02. The molecule has 0 N–H and O–H groups in total. The molecule has 2 atom stereocenters. The minimum atomic E-state index is -1.49. The molecule has 88 valence electrons. The van der Waals surface area contributed by atoms with Gasteiger partial charge in [-0.05, 0) is 34.0 Å². The van der Waals surface area contributed by atoms with Crippen molar-refractivity contribution in [1.82, 2.24) is 0 Å². The molecule has 0 amide bonds. The van der Waals surface area contributed by atoms with E-state index in [0.717, 1.165) is 9.50 Å². The Hall–Kier alpha value is -0.0300. The Morgan fingerprint density at radius 2 is 2.20 bits per heavy atom. The molecule has 0 spiro atoms. The predicted octanol–water partition coefficient (Wildman–Crippen LogP) is 1.63. The van der Waals surface area contributed by atoms with E-state index in [1.165, 1.54) is 7.11 Å². The van der Waals surface area contributed by atoms with Crippen LogP contribution in [0.1, 0.15) is 20.3 Å². The molecule has 0 heterocycles. The summed E-state index contributed by atoms with van der Waals surface area (Å²) in [5.74, 6) is -0.426. The highest BCUT2D eigenvalue weighted by Crippen LogP contribution is 2.16. The third-order valence-electron chi connectivity index (χ3n) is 2.15. The van der Waals surface area contributed by atoms with Crippen LogP contribution in [0.3, 0.4) is 0 Å². The fraction of sp³-hybridized carbons (Fsp3) is 0.875. The van der Waals surface area contributed by atoms with Crippen molar-refractivity contribution in [2.45, 2.75) is 25.9 Å². The maximum Gasteiger partial charge on any atom is 0.338 e. The Morgan fingerprint density at radius 3 is 2.60 bits per heavy atom. The van der Waals surface area contributed by atoms with Crippen molar-refractivity contribution in [2.75, 3.05) is 19.9 Å². The standard InChI is InChI=1S/C8H15O4PS2/c1-4-8(2,11-3)7(9)12-5-6-13(10)15-14/h4-6H2,1-3H3. The highest BCUT2D eigenvalue weighted by atomic mass is 32.9. The fourth-order valence-corrected chi connectivity index (χ4v) is 2.21. The molecular formula is C8H15O4PS2. The number of carbonyl (C=O) groups is 1. The molecule has 0 saturated heterocycles. The minimum absolute atomic E-state index is 0.122. The summed E-state index contributed by atoms with van der Waals surface area (Å²) >= 11 is 4.54. The normalized spacial score (nSPS) is 15.3. The van der Waals surface area contributed by atoms with E-state index in [1.807, 2.05) is 6.92 Å². The van der Waals surface area contributed by atoms with Crippen molar-refractivity contribution in [1.29, 1.82) is 0 Å². The number of hydrogen-bond acceptors (Lipinski definition) is 5. The lowest BCUT2D eigenvalue weighted by atomic mass is 10.0. The Labute approximate surface area is 98.0 Å². The minimum Gasteiger partial charge on any atom is -0.463 e. The van der Waals surface area contributed by atoms with Gasteiger partial charge in [-0.15, -0.1) is 0 Å². The van der Waals surface area contributed by atoms with Crippen LogP contribution in [0.2, 0.25) is 0 Å². The van der Waals surface area contributed by atoms with Gasteiger partial charge in [-0.25, -0.2) is 4.79 Å². The maximum absolute atomic E-state index is 11.5. The molecule has 4 nitrogen and oxygen atoms in total. The fourth-order valence-electron chi connectivity index (χ4n) is 0.775. The Morgan fingerprint density at radius 1 is 1.60 bits per heavy atom. The number of esters is 1. The van der Waals surface area contributed by atoms with Crippen LogP contribution in [0.15, 0.2) is 0 Å². The lowest BCUT2D eigenvalue weighted by Crippen LogP contribution is -2.38. The van der Waals surface area contributed by atoms with Gasteiger partial charge in [0.1, 0.15) is 6.61 Å². The summed E-state index contributed by atoms with van der Waals surface area (Å²) in [7, 11) is 2.33. The van der Waals surface area contributed by atoms with Gasteiger partial charge in [0.25, 0.3) is 0 Å². The summed E-state index contributed by atoms with van der Waals surface area (Å²) in [6.07, 6.45) is 0.822. The largest absolute Gasteiger partial charge is 0.463 e. The van der Waals surface area contributed by atoms with Gasteiger partial charge >= 0.3 is 5.97 Å². The van der Waals surface area contributed by atoms with Gasteiger partial charge in [-0.1, -0.05) is 6.92 Å². The SMILES string of the molecule is CCC(C)(OC)C(=O)OCCP(=O)=S=S. The Bertz CT molecular complexity index is 315. The highest BCUT2D eigenvalue weighted by Gasteiger charge is 2.32. The molecule has 15 heavy (non-hydrogen) atoms. The number of hydrogen-bond donors (Lipinski definition) is 0. The lowest BCUT2D eigenvalue weighted by Gasteiger charge is -2.23. The summed E-state index contributed by atoms with van der Waals surface area (Å²) in [5.41, 5.74) is -0.910. The van der Waals surface area contributed by atoms with E-state index in [9.17, 15) is 9.36 Å². The van der Waals surface area contributed by atoms with Crippen LogP contribution in [-0.4, -0.2) is 31.4 Å². The first-order valence-corrected chi connectivity index (χ1v) is 8.26. The van der Waals surface area contributed by atoms with Crippen molar-refractivity contribution in [2.24, 2.45) is 0 Å². The van der Waals surface area contributed by atoms with Crippen molar-refractivity contribution in [3.63, 3.8) is 0 Å². The lowest BCUT2D eigenvalue weighted by molar-refractivity contribution is -0.166. The van der Waals surface area contributed by atoms with Crippen LogP contribution >= 0.6 is 6.58 Å². The van der Waals surface area contributed by atoms with E-state index in [0.29, 0.717) is 12.6 Å². The van der Waals surface area contributed by atoms with Gasteiger partial charge in [-0.3, -0.25) is 4.57 Å². The second-order valence-electron chi connectivity index (χ2n) is 3.06. The Balaban J connectivity index is 4.14. The van der Waals surface area contributed by atoms with E-state index in [4.69, 9.17) is 9.47 Å². The molecule has 0 radical (unpaired) electrons. The van der Waals surface area contributed by atoms with E-state index in [-0.39, 0.29) is 6.61 Å². The van der Waals surface area contributed by atoms with Crippen LogP contribution in [0.4, 0.5) is 0 Å². The maximum atomic E-state index is 11.5. The third kappa shape index (κ3) is 5.02. The van der Waals surface area contributed by atoms with Gasteiger partial charge in [0, 0.05) is 7.11 Å². The molecule has 0 aliphatic heterocycles. The van der Waals surface area contributed by atoms with Crippen LogP contribution in [0.5, 0.6) is 0 Å². The van der Waals surface area contributed by atoms with Gasteiger partial charge in [0.05, 0.1) is 6.16 Å². The second kappa shape index (κ2) is 7.28. The molecule has 0 saturated carbocycles. The molecule has 0 aliphatic rings. The zero-order chi connectivity index (χ0) is 11.9. The molecule has 0 bridgehead atoms. The summed E-state index contributed by atoms with van der Waals surface area (Å²) in [6, 6.07) is 0. The first-order valence-electron chi connectivity index (χ1n) is 4.47. The molecular weight excluding hydrogens is 255 g/mol. The number of rotatable bonds is 6. The average Bonchev–Trinajstić information content (AvgIpc) is 2.27. The molecule has 0 aliphatic carbocycles. The summed E-state index contributed by atoms with van der Waals surface area (Å²) in [6.45, 7) is 2.13. The second-order valence-corrected chi connectivity index (χ2v) is 7.33. The predicted molar refractivity (Wildman–Crippen MR) is 63.9 cm³/mol. The van der Waals surface area contributed by atoms with Crippen molar-refractivity contribution >= 4 is 33.2 Å². The number of carbonyl (C=O) groups excluding carboxylic acids is 1. The van der Waals surface area contributed by atoms with E-state index in [2.05, 4.69) is 11.2 Å². The van der Waals surface area contributed by atoms with Gasteiger partial charge in [-0.2, -0.15) is 0 Å². The van der Waals surface area contributed by atoms with Crippen molar-refractivity contribution < 1.29 is 18.8 Å². The smallest absolute Gasteiger partial charge is 0.338 e. The van der Waals surface area contributed by atoms with Crippen LogP contribution in [-0.2, 0) is 39.5 Å². The van der Waals surface area contributed by atoms with E-state index < -0.39 is 18.1 Å². The summed E-state index contributed by atoms with van der Waals surface area (Å²) in [5, 5.41) is 0. The van der Waals surface area contributed by atoms with Crippen LogP contribution in [0.25, 0.3) is 0 Å². The third-order valence-corrected chi connectivity index (χ3v) is 5.40. The molecule has 2 unspecified atom stereocenters. The highest BCUT2D eigenvalue weighted by molar-refractivity contribution is 8.32. The quantitative estimate of drug-likeness (QED) is 0.542. The molecule has 0 aromatic rings. The van der Waals surface area contributed by atoms with Crippen molar-refractivity contribution in [3.05, 3.63) is 0 Å². The first-order chi connectivity index (χ1) is 7.00. The number of methoxy groups -OCH3 is 1. The molecule has 0 aromatic carbocycles. The monoisotopic (exact) mass is 270 g/mol. The molecule has 7 heteroatoms. The topological polar surface area (TPSA) is 52.6 Å². The zero-order valence-corrected chi connectivity index (χ0v) is 11.5. The van der Waals surface area contributed by atoms with E-state index >= 15 is 0 Å². The number of ether oxygens (including phenoxy) is 2. The van der Waals surface area contributed by atoms with Crippen LogP contribution in [0, 0.1) is 0 Å².